The van der Waals surface area contributed by atoms with E-state index in [9.17, 15) is 0 Å². The van der Waals surface area contributed by atoms with Crippen LogP contribution in [-0.2, 0) is 12.8 Å². The molecule has 0 spiro atoms. The van der Waals surface area contributed by atoms with Crippen molar-refractivity contribution in [2.24, 2.45) is 0 Å². The van der Waals surface area contributed by atoms with Crippen LogP contribution in [0.25, 0.3) is 0 Å². The minimum absolute atomic E-state index is 1.10. The Morgan fingerprint density at radius 1 is 0.792 bits per heavy atom. The molecule has 0 aliphatic heterocycles. The zero-order chi connectivity index (χ0) is 17.5. The molecule has 0 bridgehead atoms. The molecule has 2 heteroatoms. The molecule has 0 aliphatic carbocycles. The van der Waals surface area contributed by atoms with Crippen LogP contribution in [0.1, 0.15) is 37.1 Å². The maximum atomic E-state index is 4.17. The first kappa shape index (κ1) is 19.6. The minimum Gasteiger partial charge on any atom is -0.264 e. The molecule has 3 rings (SSSR count). The highest BCUT2D eigenvalue weighted by atomic mass is 14.7. The summed E-state index contributed by atoms with van der Waals surface area (Å²) < 4.78 is 0. The van der Waals surface area contributed by atoms with E-state index < -0.39 is 0 Å². The number of aromatic nitrogens is 2. The van der Waals surface area contributed by atoms with Crippen LogP contribution in [0.15, 0.2) is 79.3 Å². The van der Waals surface area contributed by atoms with Gasteiger partial charge >= 0.3 is 0 Å². The lowest BCUT2D eigenvalue weighted by Gasteiger charge is -1.92. The second-order valence-corrected chi connectivity index (χ2v) is 5.44. The predicted molar refractivity (Wildman–Crippen MR) is 103 cm³/mol. The highest BCUT2D eigenvalue weighted by Gasteiger charge is 1.86. The lowest BCUT2D eigenvalue weighted by Crippen LogP contribution is -1.84. The van der Waals surface area contributed by atoms with Crippen molar-refractivity contribution in [2.75, 3.05) is 0 Å². The first-order valence-electron chi connectivity index (χ1n) is 8.56. The standard InChI is InChI=1S/C8H11N.C8H10.C6H7N/c1-2-5-8-6-3-4-7-9-8;1-2-8-6-4-3-5-7-8;1-6-3-2-4-7-5-6/h3-4,6-7H,2,5H2,1H3;3-7H,2H2,1H3;2-5H,1H3. The van der Waals surface area contributed by atoms with Crippen LogP contribution < -0.4 is 0 Å². The van der Waals surface area contributed by atoms with E-state index >= 15 is 0 Å². The van der Waals surface area contributed by atoms with Gasteiger partial charge < -0.3 is 0 Å². The molecule has 2 heterocycles. The van der Waals surface area contributed by atoms with E-state index in [2.05, 4.69) is 54.1 Å². The zero-order valence-corrected chi connectivity index (χ0v) is 15.0. The normalized spacial score (nSPS) is 9.12. The number of benzene rings is 1. The van der Waals surface area contributed by atoms with Gasteiger partial charge in [0.25, 0.3) is 0 Å². The Kier molecular flexibility index (Phi) is 10.6. The van der Waals surface area contributed by atoms with Gasteiger partial charge in [0.1, 0.15) is 0 Å². The molecule has 3 aromatic rings. The van der Waals surface area contributed by atoms with Gasteiger partial charge in [-0.25, -0.2) is 0 Å². The third kappa shape index (κ3) is 9.52. The van der Waals surface area contributed by atoms with Crippen molar-refractivity contribution in [3.63, 3.8) is 0 Å². The first-order chi connectivity index (χ1) is 11.8. The third-order valence-corrected chi connectivity index (χ3v) is 3.29. The summed E-state index contributed by atoms with van der Waals surface area (Å²) in [5, 5.41) is 0. The molecule has 0 radical (unpaired) electrons. The van der Waals surface area contributed by atoms with Crippen molar-refractivity contribution in [1.82, 2.24) is 9.97 Å². The second kappa shape index (κ2) is 13.0. The Morgan fingerprint density at radius 3 is 1.96 bits per heavy atom. The van der Waals surface area contributed by atoms with E-state index in [1.54, 1.807) is 6.20 Å². The average molecular weight is 320 g/mol. The molecule has 2 aromatic heterocycles. The summed E-state index contributed by atoms with van der Waals surface area (Å²) in [6.07, 6.45) is 8.86. The molecule has 0 aliphatic rings. The maximum absolute atomic E-state index is 4.17. The van der Waals surface area contributed by atoms with Crippen LogP contribution in [0.3, 0.4) is 0 Å². The number of nitrogens with zero attached hydrogens (tertiary/aromatic N) is 2. The molecule has 0 N–H and O–H groups in total. The number of rotatable bonds is 3. The molecule has 0 saturated heterocycles. The number of pyridine rings is 2. The van der Waals surface area contributed by atoms with Crippen molar-refractivity contribution in [3.8, 4) is 0 Å². The largest absolute Gasteiger partial charge is 0.264 e. The zero-order valence-electron chi connectivity index (χ0n) is 15.0. The summed E-state index contributed by atoms with van der Waals surface area (Å²) in [6.45, 7) is 6.34. The fourth-order valence-corrected chi connectivity index (χ4v) is 1.96. The third-order valence-electron chi connectivity index (χ3n) is 3.29. The molecule has 0 unspecified atom stereocenters. The number of hydrogen-bond acceptors (Lipinski definition) is 2. The van der Waals surface area contributed by atoms with Gasteiger partial charge in [-0.3, -0.25) is 9.97 Å². The van der Waals surface area contributed by atoms with Crippen LogP contribution in [-0.4, -0.2) is 9.97 Å². The van der Waals surface area contributed by atoms with Crippen LogP contribution in [0, 0.1) is 6.92 Å². The van der Waals surface area contributed by atoms with Gasteiger partial charge in [-0.2, -0.15) is 0 Å². The number of hydrogen-bond donors (Lipinski definition) is 0. The van der Waals surface area contributed by atoms with E-state index in [0.29, 0.717) is 0 Å². The molecule has 0 atom stereocenters. The van der Waals surface area contributed by atoms with Crippen LogP contribution in [0.4, 0.5) is 0 Å². The summed E-state index contributed by atoms with van der Waals surface area (Å²) in [6, 6.07) is 20.4. The molecule has 0 amide bonds. The molecule has 1 aromatic carbocycles. The van der Waals surface area contributed by atoms with E-state index in [1.165, 1.54) is 23.2 Å². The van der Waals surface area contributed by atoms with Crippen LogP contribution in [0.5, 0.6) is 0 Å². The van der Waals surface area contributed by atoms with E-state index in [0.717, 1.165) is 12.8 Å². The Morgan fingerprint density at radius 2 is 1.54 bits per heavy atom. The van der Waals surface area contributed by atoms with Gasteiger partial charge in [-0.15, -0.1) is 0 Å². The molecule has 2 nitrogen and oxygen atoms in total. The van der Waals surface area contributed by atoms with Crippen LogP contribution >= 0.6 is 0 Å². The lowest BCUT2D eigenvalue weighted by atomic mass is 10.2. The predicted octanol–water partition coefficient (Wildman–Crippen LogP) is 5.67. The molecular weight excluding hydrogens is 292 g/mol. The minimum atomic E-state index is 1.10. The molecule has 0 fully saturated rings. The van der Waals surface area contributed by atoms with Gasteiger partial charge in [-0.05, 0) is 49.1 Å². The van der Waals surface area contributed by atoms with Gasteiger partial charge in [0.15, 0.2) is 0 Å². The van der Waals surface area contributed by atoms with E-state index in [4.69, 9.17) is 0 Å². The molecule has 24 heavy (non-hydrogen) atoms. The quantitative estimate of drug-likeness (QED) is 0.621. The summed E-state index contributed by atoms with van der Waals surface area (Å²) in [7, 11) is 0. The fraction of sp³-hybridized carbons (Fsp3) is 0.273. The van der Waals surface area contributed by atoms with Crippen molar-refractivity contribution >= 4 is 0 Å². The van der Waals surface area contributed by atoms with Crippen molar-refractivity contribution in [3.05, 3.63) is 96.1 Å². The second-order valence-electron chi connectivity index (χ2n) is 5.44. The summed E-state index contributed by atoms with van der Waals surface area (Å²) >= 11 is 0. The van der Waals surface area contributed by atoms with Crippen LogP contribution in [0.2, 0.25) is 0 Å². The summed E-state index contributed by atoms with van der Waals surface area (Å²) in [5.74, 6) is 0. The summed E-state index contributed by atoms with van der Waals surface area (Å²) in [5.41, 5.74) is 3.81. The van der Waals surface area contributed by atoms with E-state index in [-0.39, 0.29) is 0 Å². The van der Waals surface area contributed by atoms with Gasteiger partial charge in [0.2, 0.25) is 0 Å². The Labute approximate surface area is 146 Å². The SMILES string of the molecule is CCCc1ccccn1.CCc1ccccc1.Cc1cccnc1. The van der Waals surface area contributed by atoms with Crippen molar-refractivity contribution in [2.45, 2.75) is 40.0 Å². The fourth-order valence-electron chi connectivity index (χ4n) is 1.96. The number of aryl methyl sites for hydroxylation is 3. The first-order valence-corrected chi connectivity index (χ1v) is 8.56. The smallest absolute Gasteiger partial charge is 0.0403 e. The Hall–Kier alpha value is -2.48. The Balaban J connectivity index is 0.000000181. The molecular formula is C22H28N2. The van der Waals surface area contributed by atoms with Gasteiger partial charge in [0, 0.05) is 24.3 Å². The maximum Gasteiger partial charge on any atom is 0.0403 e. The molecule has 0 saturated carbocycles. The van der Waals surface area contributed by atoms with Gasteiger partial charge in [-0.1, -0.05) is 62.7 Å². The highest BCUT2D eigenvalue weighted by Crippen LogP contribution is 1.97. The Bertz CT molecular complexity index is 622. The average Bonchev–Trinajstić information content (AvgIpc) is 2.65. The highest BCUT2D eigenvalue weighted by molar-refractivity contribution is 5.13. The monoisotopic (exact) mass is 320 g/mol. The van der Waals surface area contributed by atoms with Crippen molar-refractivity contribution < 1.29 is 0 Å². The van der Waals surface area contributed by atoms with Gasteiger partial charge in [0.05, 0.1) is 0 Å². The summed E-state index contributed by atoms with van der Waals surface area (Å²) in [4.78, 5) is 8.05. The lowest BCUT2D eigenvalue weighted by molar-refractivity contribution is 0.883. The topological polar surface area (TPSA) is 25.8 Å². The molecule has 126 valence electrons. The van der Waals surface area contributed by atoms with E-state index in [1.807, 2.05) is 49.6 Å². The van der Waals surface area contributed by atoms with Crippen molar-refractivity contribution in [1.29, 1.82) is 0 Å².